The van der Waals surface area contributed by atoms with E-state index in [-0.39, 0.29) is 24.0 Å². The van der Waals surface area contributed by atoms with E-state index in [0.29, 0.717) is 0 Å². The molecule has 2 saturated heterocycles. The van der Waals surface area contributed by atoms with E-state index in [4.69, 9.17) is 5.11 Å². The number of carbonyl (C=O) groups is 2. The van der Waals surface area contributed by atoms with E-state index in [9.17, 15) is 9.59 Å². The van der Waals surface area contributed by atoms with Crippen LogP contribution in [0.1, 0.15) is 32.6 Å². The van der Waals surface area contributed by atoms with Crippen LogP contribution in [0.3, 0.4) is 0 Å². The molecular weight excluding hydrogens is 196 g/mol. The molecule has 15 heavy (non-hydrogen) atoms. The molecule has 0 aliphatic carbocycles. The Morgan fingerprint density at radius 3 is 2.20 bits per heavy atom. The Bertz CT molecular complexity index is 278. The first-order chi connectivity index (χ1) is 7.08. The molecule has 0 aromatic heterocycles. The third-order valence-corrected chi connectivity index (χ3v) is 3.42. The van der Waals surface area contributed by atoms with Crippen LogP contribution in [0.25, 0.3) is 0 Å². The maximum atomic E-state index is 11.4. The molecule has 2 aliphatic heterocycles. The van der Waals surface area contributed by atoms with E-state index in [1.165, 1.54) is 0 Å². The maximum absolute atomic E-state index is 11.4. The number of carbonyl (C=O) groups excluding carboxylic acids is 1. The van der Waals surface area contributed by atoms with Gasteiger partial charge in [0.1, 0.15) is 0 Å². The second-order valence-corrected chi connectivity index (χ2v) is 4.43. The summed E-state index contributed by atoms with van der Waals surface area (Å²) in [6.45, 7) is 1.59. The highest BCUT2D eigenvalue weighted by molar-refractivity contribution is 5.74. The van der Waals surface area contributed by atoms with Gasteiger partial charge in [-0.05, 0) is 25.7 Å². The number of nitrogens with one attached hydrogen (secondary N) is 1. The number of fused-ring (bicyclic) bond motifs is 2. The molecular formula is C10H16N2O3. The minimum Gasteiger partial charge on any atom is -0.465 e. The van der Waals surface area contributed by atoms with Crippen molar-refractivity contribution in [1.82, 2.24) is 10.2 Å². The van der Waals surface area contributed by atoms with Crippen LogP contribution in [0.5, 0.6) is 0 Å². The lowest BCUT2D eigenvalue weighted by molar-refractivity contribution is -0.133. The van der Waals surface area contributed by atoms with Gasteiger partial charge < -0.3 is 15.3 Å². The highest BCUT2D eigenvalue weighted by Gasteiger charge is 2.42. The summed E-state index contributed by atoms with van der Waals surface area (Å²) in [5.74, 6) is 0.122. The fourth-order valence-corrected chi connectivity index (χ4v) is 2.98. The molecule has 2 atom stereocenters. The molecule has 2 amide bonds. The molecule has 0 aromatic rings. The maximum Gasteiger partial charge on any atom is 0.404 e. The van der Waals surface area contributed by atoms with Crippen molar-refractivity contribution in [2.24, 2.45) is 0 Å². The lowest BCUT2D eigenvalue weighted by Gasteiger charge is -2.38. The molecule has 5 nitrogen and oxygen atoms in total. The van der Waals surface area contributed by atoms with Crippen molar-refractivity contribution >= 4 is 12.0 Å². The Labute approximate surface area is 88.4 Å². The molecule has 0 saturated carbocycles. The fraction of sp³-hybridized carbons (Fsp3) is 0.800. The van der Waals surface area contributed by atoms with Crippen molar-refractivity contribution in [3.63, 3.8) is 0 Å². The van der Waals surface area contributed by atoms with E-state index in [2.05, 4.69) is 5.32 Å². The summed E-state index contributed by atoms with van der Waals surface area (Å²) in [6, 6.07) is 0.520. The molecule has 5 heteroatoms. The zero-order chi connectivity index (χ0) is 11.0. The van der Waals surface area contributed by atoms with Crippen LogP contribution in [0.15, 0.2) is 0 Å². The first kappa shape index (κ1) is 10.3. The van der Waals surface area contributed by atoms with E-state index in [0.717, 1.165) is 25.7 Å². The first-order valence-electron chi connectivity index (χ1n) is 5.36. The Morgan fingerprint density at radius 1 is 1.27 bits per heavy atom. The molecule has 2 bridgehead atoms. The number of hydrogen-bond donors (Lipinski definition) is 2. The number of piperidine rings is 1. The van der Waals surface area contributed by atoms with Gasteiger partial charge in [-0.25, -0.2) is 4.79 Å². The number of amides is 2. The van der Waals surface area contributed by atoms with Crippen LogP contribution in [0.4, 0.5) is 4.79 Å². The predicted molar refractivity (Wildman–Crippen MR) is 53.5 cm³/mol. The summed E-state index contributed by atoms with van der Waals surface area (Å²) in [5, 5.41) is 11.2. The van der Waals surface area contributed by atoms with E-state index < -0.39 is 6.09 Å². The SMILES string of the molecule is CC(=O)N1C2CCC1CC(NC(=O)O)C2. The third kappa shape index (κ3) is 1.91. The van der Waals surface area contributed by atoms with Gasteiger partial charge in [0.15, 0.2) is 0 Å². The lowest BCUT2D eigenvalue weighted by atomic mass is 9.97. The van der Waals surface area contributed by atoms with Crippen LogP contribution < -0.4 is 5.32 Å². The molecule has 0 spiro atoms. The quantitative estimate of drug-likeness (QED) is 0.675. The largest absolute Gasteiger partial charge is 0.465 e. The van der Waals surface area contributed by atoms with Crippen molar-refractivity contribution in [1.29, 1.82) is 0 Å². The molecule has 2 heterocycles. The Balaban J connectivity index is 2.01. The predicted octanol–water partition coefficient (Wildman–Crippen LogP) is 0.796. The zero-order valence-electron chi connectivity index (χ0n) is 8.77. The van der Waals surface area contributed by atoms with Crippen molar-refractivity contribution in [2.45, 2.75) is 50.7 Å². The normalized spacial score (nSPS) is 33.9. The monoisotopic (exact) mass is 212 g/mol. The second kappa shape index (κ2) is 3.72. The summed E-state index contributed by atoms with van der Waals surface area (Å²) in [4.78, 5) is 23.8. The minimum atomic E-state index is -0.962. The Morgan fingerprint density at radius 2 is 1.80 bits per heavy atom. The smallest absolute Gasteiger partial charge is 0.404 e. The highest BCUT2D eigenvalue weighted by Crippen LogP contribution is 2.35. The molecule has 2 fully saturated rings. The van der Waals surface area contributed by atoms with Crippen molar-refractivity contribution in [2.75, 3.05) is 0 Å². The van der Waals surface area contributed by atoms with Crippen LogP contribution in [0, 0.1) is 0 Å². The van der Waals surface area contributed by atoms with Gasteiger partial charge in [0.25, 0.3) is 0 Å². The van der Waals surface area contributed by atoms with Crippen molar-refractivity contribution in [3.8, 4) is 0 Å². The fourth-order valence-electron chi connectivity index (χ4n) is 2.98. The van der Waals surface area contributed by atoms with Gasteiger partial charge in [-0.3, -0.25) is 4.79 Å². The van der Waals surface area contributed by atoms with Crippen LogP contribution in [-0.2, 0) is 4.79 Å². The van der Waals surface area contributed by atoms with Gasteiger partial charge in [0.2, 0.25) is 5.91 Å². The Hall–Kier alpha value is -1.26. The zero-order valence-corrected chi connectivity index (χ0v) is 8.77. The summed E-state index contributed by atoms with van der Waals surface area (Å²) < 4.78 is 0. The average molecular weight is 212 g/mol. The standard InChI is InChI=1S/C10H16N2O3/c1-6(13)12-8-2-3-9(12)5-7(4-8)11-10(14)15/h7-9,11H,2-5H2,1H3,(H,14,15). The first-order valence-corrected chi connectivity index (χ1v) is 5.36. The highest BCUT2D eigenvalue weighted by atomic mass is 16.4. The number of rotatable bonds is 1. The van der Waals surface area contributed by atoms with Gasteiger partial charge in [0, 0.05) is 25.0 Å². The molecule has 84 valence electrons. The molecule has 2 unspecified atom stereocenters. The molecule has 2 aliphatic rings. The van der Waals surface area contributed by atoms with Gasteiger partial charge in [-0.2, -0.15) is 0 Å². The number of carboxylic acid groups (broad SMARTS) is 1. The van der Waals surface area contributed by atoms with Gasteiger partial charge in [0.05, 0.1) is 0 Å². The summed E-state index contributed by atoms with van der Waals surface area (Å²) in [5.41, 5.74) is 0. The van der Waals surface area contributed by atoms with Crippen molar-refractivity contribution < 1.29 is 14.7 Å². The van der Waals surface area contributed by atoms with E-state index in [1.807, 2.05) is 4.90 Å². The summed E-state index contributed by atoms with van der Waals surface area (Å²) in [7, 11) is 0. The second-order valence-electron chi connectivity index (χ2n) is 4.43. The van der Waals surface area contributed by atoms with E-state index >= 15 is 0 Å². The topological polar surface area (TPSA) is 69.6 Å². The molecule has 2 N–H and O–H groups in total. The molecule has 2 rings (SSSR count). The van der Waals surface area contributed by atoms with Crippen LogP contribution in [-0.4, -0.2) is 40.1 Å². The van der Waals surface area contributed by atoms with E-state index in [1.54, 1.807) is 6.92 Å². The Kier molecular flexibility index (Phi) is 2.54. The third-order valence-electron chi connectivity index (χ3n) is 3.42. The van der Waals surface area contributed by atoms with Crippen molar-refractivity contribution in [3.05, 3.63) is 0 Å². The average Bonchev–Trinajstić information content (AvgIpc) is 2.38. The van der Waals surface area contributed by atoms with Gasteiger partial charge >= 0.3 is 6.09 Å². The van der Waals surface area contributed by atoms with Crippen LogP contribution in [0.2, 0.25) is 0 Å². The lowest BCUT2D eigenvalue weighted by Crippen LogP contribution is -2.51. The summed E-state index contributed by atoms with van der Waals surface area (Å²) >= 11 is 0. The van der Waals surface area contributed by atoms with Gasteiger partial charge in [-0.1, -0.05) is 0 Å². The minimum absolute atomic E-state index is 0.0237. The van der Waals surface area contributed by atoms with Gasteiger partial charge in [-0.15, -0.1) is 0 Å². The molecule has 0 aromatic carbocycles. The number of hydrogen-bond acceptors (Lipinski definition) is 2. The number of nitrogens with zero attached hydrogens (tertiary/aromatic N) is 1. The summed E-state index contributed by atoms with van der Waals surface area (Å²) in [6.07, 6.45) is 2.60. The van der Waals surface area contributed by atoms with Crippen LogP contribution >= 0.6 is 0 Å². The molecule has 0 radical (unpaired) electrons.